The summed E-state index contributed by atoms with van der Waals surface area (Å²) < 4.78 is 13.6. The molecular formula is C18H23FN4O. The van der Waals surface area contributed by atoms with Crippen molar-refractivity contribution in [3.8, 4) is 0 Å². The summed E-state index contributed by atoms with van der Waals surface area (Å²) in [5.41, 5.74) is 0.703. The molecular weight excluding hydrogens is 307 g/mol. The number of rotatable bonds is 5. The topological polar surface area (TPSA) is 66.9 Å². The fourth-order valence-corrected chi connectivity index (χ4v) is 2.23. The van der Waals surface area contributed by atoms with Gasteiger partial charge in [0.25, 0.3) is 5.91 Å². The van der Waals surface area contributed by atoms with Crippen LogP contribution in [0.1, 0.15) is 42.6 Å². The molecule has 0 aliphatic heterocycles. The summed E-state index contributed by atoms with van der Waals surface area (Å²) in [6, 6.07) is 8.16. The average Bonchev–Trinajstić information content (AvgIpc) is 2.46. The summed E-state index contributed by atoms with van der Waals surface area (Å²) in [5.74, 6) is 0.563. The maximum atomic E-state index is 13.6. The first-order valence-corrected chi connectivity index (χ1v) is 7.90. The van der Waals surface area contributed by atoms with Crippen LogP contribution < -0.4 is 10.6 Å². The number of aryl methyl sites for hydroxylation is 1. The Labute approximate surface area is 141 Å². The van der Waals surface area contributed by atoms with Gasteiger partial charge in [0.15, 0.2) is 0 Å². The van der Waals surface area contributed by atoms with Crippen LogP contribution in [0.25, 0.3) is 0 Å². The standard InChI is InChI=1S/C18H23FN4O/c1-12-21-15(11-16(22-12)23-18(2,3)4)17(24)20-10-9-13-7-5-6-8-14(13)19/h5-8,11H,9-10H2,1-4H3,(H,20,24)(H,21,22,23). The Morgan fingerprint density at radius 2 is 1.92 bits per heavy atom. The summed E-state index contributed by atoms with van der Waals surface area (Å²) in [5, 5.41) is 5.99. The molecule has 2 aromatic rings. The van der Waals surface area contributed by atoms with Crippen molar-refractivity contribution in [2.24, 2.45) is 0 Å². The number of nitrogens with zero attached hydrogens (tertiary/aromatic N) is 2. The van der Waals surface area contributed by atoms with E-state index in [1.807, 2.05) is 20.8 Å². The number of carbonyl (C=O) groups excluding carboxylic acids is 1. The fourth-order valence-electron chi connectivity index (χ4n) is 2.23. The number of nitrogens with one attached hydrogen (secondary N) is 2. The normalized spacial score (nSPS) is 11.2. The molecule has 0 atom stereocenters. The molecule has 0 aliphatic rings. The van der Waals surface area contributed by atoms with Gasteiger partial charge in [0, 0.05) is 18.2 Å². The molecule has 0 bridgehead atoms. The maximum absolute atomic E-state index is 13.6. The van der Waals surface area contributed by atoms with Crippen molar-refractivity contribution < 1.29 is 9.18 Å². The molecule has 0 fully saturated rings. The van der Waals surface area contributed by atoms with Crippen molar-refractivity contribution in [2.75, 3.05) is 11.9 Å². The number of anilines is 1. The van der Waals surface area contributed by atoms with E-state index in [1.165, 1.54) is 6.07 Å². The van der Waals surface area contributed by atoms with Crippen LogP contribution in [0.3, 0.4) is 0 Å². The van der Waals surface area contributed by atoms with E-state index in [0.29, 0.717) is 35.9 Å². The quantitative estimate of drug-likeness (QED) is 0.884. The number of amides is 1. The fraction of sp³-hybridized carbons (Fsp3) is 0.389. The predicted octanol–water partition coefficient (Wildman–Crippen LogP) is 3.11. The second-order valence-electron chi connectivity index (χ2n) is 6.66. The number of halogens is 1. The van der Waals surface area contributed by atoms with Crippen LogP contribution in [0, 0.1) is 12.7 Å². The molecule has 24 heavy (non-hydrogen) atoms. The highest BCUT2D eigenvalue weighted by Crippen LogP contribution is 2.13. The third-order valence-corrected chi connectivity index (χ3v) is 3.21. The molecule has 0 spiro atoms. The van der Waals surface area contributed by atoms with E-state index < -0.39 is 0 Å². The van der Waals surface area contributed by atoms with Crippen molar-refractivity contribution in [3.05, 3.63) is 53.2 Å². The van der Waals surface area contributed by atoms with E-state index in [0.717, 1.165) is 0 Å². The molecule has 2 N–H and O–H groups in total. The van der Waals surface area contributed by atoms with Gasteiger partial charge in [-0.05, 0) is 45.7 Å². The number of aromatic nitrogens is 2. The van der Waals surface area contributed by atoms with Crippen molar-refractivity contribution in [3.63, 3.8) is 0 Å². The summed E-state index contributed by atoms with van der Waals surface area (Å²) in [4.78, 5) is 20.7. The summed E-state index contributed by atoms with van der Waals surface area (Å²) in [7, 11) is 0. The first kappa shape index (κ1) is 17.8. The van der Waals surface area contributed by atoms with Gasteiger partial charge in [0.2, 0.25) is 0 Å². The van der Waals surface area contributed by atoms with Gasteiger partial charge in [-0.25, -0.2) is 14.4 Å². The van der Waals surface area contributed by atoms with E-state index in [2.05, 4.69) is 20.6 Å². The molecule has 0 radical (unpaired) electrons. The van der Waals surface area contributed by atoms with Crippen LogP contribution in [-0.2, 0) is 6.42 Å². The van der Waals surface area contributed by atoms with E-state index in [-0.39, 0.29) is 17.3 Å². The lowest BCUT2D eigenvalue weighted by Gasteiger charge is -2.21. The molecule has 2 rings (SSSR count). The third-order valence-electron chi connectivity index (χ3n) is 3.21. The van der Waals surface area contributed by atoms with E-state index in [9.17, 15) is 9.18 Å². The highest BCUT2D eigenvalue weighted by molar-refractivity contribution is 5.92. The maximum Gasteiger partial charge on any atom is 0.270 e. The van der Waals surface area contributed by atoms with Crippen LogP contribution in [0.2, 0.25) is 0 Å². The molecule has 0 aliphatic carbocycles. The van der Waals surface area contributed by atoms with Gasteiger partial charge in [0.05, 0.1) is 0 Å². The second-order valence-corrected chi connectivity index (χ2v) is 6.66. The minimum absolute atomic E-state index is 0.167. The lowest BCUT2D eigenvalue weighted by Crippen LogP contribution is -2.29. The smallest absolute Gasteiger partial charge is 0.270 e. The zero-order valence-corrected chi connectivity index (χ0v) is 14.5. The first-order valence-electron chi connectivity index (χ1n) is 7.90. The van der Waals surface area contributed by atoms with Gasteiger partial charge in [-0.3, -0.25) is 4.79 Å². The van der Waals surface area contributed by atoms with E-state index >= 15 is 0 Å². The highest BCUT2D eigenvalue weighted by atomic mass is 19.1. The van der Waals surface area contributed by atoms with Gasteiger partial charge in [-0.15, -0.1) is 0 Å². The van der Waals surface area contributed by atoms with Gasteiger partial charge >= 0.3 is 0 Å². The van der Waals surface area contributed by atoms with Gasteiger partial charge in [0.1, 0.15) is 23.2 Å². The third kappa shape index (κ3) is 5.30. The Morgan fingerprint density at radius 3 is 2.58 bits per heavy atom. The average molecular weight is 330 g/mol. The van der Waals surface area contributed by atoms with Gasteiger partial charge < -0.3 is 10.6 Å². The Bertz CT molecular complexity index is 725. The molecule has 6 heteroatoms. The molecule has 1 amide bonds. The van der Waals surface area contributed by atoms with Crippen molar-refractivity contribution in [1.29, 1.82) is 0 Å². The molecule has 0 saturated heterocycles. The van der Waals surface area contributed by atoms with Crippen molar-refractivity contribution >= 4 is 11.7 Å². The summed E-state index contributed by atoms with van der Waals surface area (Å²) in [6.45, 7) is 8.12. The van der Waals surface area contributed by atoms with Crippen molar-refractivity contribution in [2.45, 2.75) is 39.7 Å². The first-order chi connectivity index (χ1) is 11.2. The van der Waals surface area contributed by atoms with Crippen LogP contribution in [-0.4, -0.2) is 28.0 Å². The van der Waals surface area contributed by atoms with Crippen LogP contribution in [0.5, 0.6) is 0 Å². The van der Waals surface area contributed by atoms with Crippen LogP contribution in [0.15, 0.2) is 30.3 Å². The van der Waals surface area contributed by atoms with Gasteiger partial charge in [-0.2, -0.15) is 0 Å². The zero-order chi connectivity index (χ0) is 17.7. The molecule has 0 saturated carbocycles. The minimum Gasteiger partial charge on any atom is -0.365 e. The van der Waals surface area contributed by atoms with Crippen LogP contribution in [0.4, 0.5) is 10.2 Å². The lowest BCUT2D eigenvalue weighted by molar-refractivity contribution is 0.0948. The molecule has 1 aromatic carbocycles. The Hall–Kier alpha value is -2.50. The SMILES string of the molecule is Cc1nc(NC(C)(C)C)cc(C(=O)NCCc2ccccc2F)n1. The zero-order valence-electron chi connectivity index (χ0n) is 14.5. The molecule has 0 unspecified atom stereocenters. The largest absolute Gasteiger partial charge is 0.365 e. The van der Waals surface area contributed by atoms with E-state index in [1.54, 1.807) is 31.2 Å². The minimum atomic E-state index is -0.297. The Kier molecular flexibility index (Phi) is 5.49. The monoisotopic (exact) mass is 330 g/mol. The number of benzene rings is 1. The van der Waals surface area contributed by atoms with Crippen molar-refractivity contribution in [1.82, 2.24) is 15.3 Å². The van der Waals surface area contributed by atoms with Crippen LogP contribution >= 0.6 is 0 Å². The molecule has 1 aromatic heterocycles. The number of carbonyl (C=O) groups is 1. The number of hydrogen-bond donors (Lipinski definition) is 2. The second kappa shape index (κ2) is 7.38. The Morgan fingerprint density at radius 1 is 1.21 bits per heavy atom. The highest BCUT2D eigenvalue weighted by Gasteiger charge is 2.14. The van der Waals surface area contributed by atoms with E-state index in [4.69, 9.17) is 0 Å². The Balaban J connectivity index is 2.00. The summed E-state index contributed by atoms with van der Waals surface area (Å²) in [6.07, 6.45) is 0.426. The summed E-state index contributed by atoms with van der Waals surface area (Å²) >= 11 is 0. The number of hydrogen-bond acceptors (Lipinski definition) is 4. The lowest BCUT2D eigenvalue weighted by atomic mass is 10.1. The predicted molar refractivity (Wildman–Crippen MR) is 92.6 cm³/mol. The molecule has 5 nitrogen and oxygen atoms in total. The molecule has 128 valence electrons. The van der Waals surface area contributed by atoms with Gasteiger partial charge in [-0.1, -0.05) is 18.2 Å². The molecule has 1 heterocycles.